The third-order valence-corrected chi connectivity index (χ3v) is 3.20. The smallest absolute Gasteiger partial charge is 0.126 e. The summed E-state index contributed by atoms with van der Waals surface area (Å²) in [6.45, 7) is 4.57. The van der Waals surface area contributed by atoms with Crippen LogP contribution in [0.4, 0.5) is 4.39 Å². The minimum Gasteiger partial charge on any atom is -0.385 e. The van der Waals surface area contributed by atoms with Crippen LogP contribution in [0, 0.1) is 5.82 Å². The van der Waals surface area contributed by atoms with Crippen molar-refractivity contribution >= 4 is 0 Å². The number of rotatable bonds is 5. The highest BCUT2D eigenvalue weighted by molar-refractivity contribution is 5.23. The Kier molecular flexibility index (Phi) is 4.00. The molecule has 0 bridgehead atoms. The molecule has 0 spiro atoms. The summed E-state index contributed by atoms with van der Waals surface area (Å²) in [5.41, 5.74) is 0.105. The molecule has 1 N–H and O–H groups in total. The molecule has 0 aliphatic rings. The summed E-state index contributed by atoms with van der Waals surface area (Å²) in [4.78, 5) is 0. The molecular weight excluding hydrogens is 243 g/mol. The quantitative estimate of drug-likeness (QED) is 0.899. The molecule has 0 aliphatic carbocycles. The van der Waals surface area contributed by atoms with E-state index in [-0.39, 0.29) is 12.2 Å². The van der Waals surface area contributed by atoms with Crippen molar-refractivity contribution in [1.29, 1.82) is 0 Å². The maximum absolute atomic E-state index is 13.6. The third kappa shape index (κ3) is 3.20. The highest BCUT2D eigenvalue weighted by Crippen LogP contribution is 2.26. The predicted octanol–water partition coefficient (Wildman–Crippen LogP) is 2.88. The van der Waals surface area contributed by atoms with Gasteiger partial charge in [-0.25, -0.2) is 4.39 Å². The van der Waals surface area contributed by atoms with Gasteiger partial charge in [0.25, 0.3) is 0 Å². The molecule has 19 heavy (non-hydrogen) atoms. The van der Waals surface area contributed by atoms with E-state index in [9.17, 15) is 9.50 Å². The SMILES string of the molecule is CCCn1cc(C(C)(O)Cc2ccccc2F)cn1. The van der Waals surface area contributed by atoms with Crippen LogP contribution in [0.5, 0.6) is 0 Å². The van der Waals surface area contributed by atoms with Gasteiger partial charge in [-0.1, -0.05) is 25.1 Å². The van der Waals surface area contributed by atoms with Crippen LogP contribution >= 0.6 is 0 Å². The number of aliphatic hydroxyl groups is 1. The van der Waals surface area contributed by atoms with Gasteiger partial charge in [-0.05, 0) is 25.0 Å². The van der Waals surface area contributed by atoms with Gasteiger partial charge in [0.1, 0.15) is 5.82 Å². The number of hydrogen-bond donors (Lipinski definition) is 1. The lowest BCUT2D eigenvalue weighted by atomic mass is 9.91. The van der Waals surface area contributed by atoms with Crippen molar-refractivity contribution in [3.05, 3.63) is 53.6 Å². The van der Waals surface area contributed by atoms with E-state index in [1.54, 1.807) is 36.0 Å². The Hall–Kier alpha value is -1.68. The number of aryl methyl sites for hydroxylation is 1. The van der Waals surface area contributed by atoms with Crippen molar-refractivity contribution in [2.75, 3.05) is 0 Å². The average Bonchev–Trinajstić information content (AvgIpc) is 2.82. The van der Waals surface area contributed by atoms with Crippen LogP contribution < -0.4 is 0 Å². The maximum Gasteiger partial charge on any atom is 0.126 e. The van der Waals surface area contributed by atoms with E-state index >= 15 is 0 Å². The number of nitrogens with zero attached hydrogens (tertiary/aromatic N) is 2. The maximum atomic E-state index is 13.6. The summed E-state index contributed by atoms with van der Waals surface area (Å²) in [5.74, 6) is -0.288. The molecule has 0 amide bonds. The van der Waals surface area contributed by atoms with Crippen molar-refractivity contribution in [1.82, 2.24) is 9.78 Å². The van der Waals surface area contributed by atoms with E-state index in [1.807, 2.05) is 6.20 Å². The van der Waals surface area contributed by atoms with Crippen molar-refractivity contribution in [2.45, 2.75) is 38.8 Å². The first-order chi connectivity index (χ1) is 9.03. The van der Waals surface area contributed by atoms with E-state index in [0.717, 1.165) is 13.0 Å². The molecule has 102 valence electrons. The van der Waals surface area contributed by atoms with Crippen LogP contribution in [-0.4, -0.2) is 14.9 Å². The Labute approximate surface area is 112 Å². The molecule has 1 atom stereocenters. The summed E-state index contributed by atoms with van der Waals surface area (Å²) >= 11 is 0. The van der Waals surface area contributed by atoms with Gasteiger partial charge in [0.15, 0.2) is 0 Å². The van der Waals surface area contributed by atoms with Crippen LogP contribution in [0.2, 0.25) is 0 Å². The van der Waals surface area contributed by atoms with Crippen LogP contribution in [0.25, 0.3) is 0 Å². The second kappa shape index (κ2) is 5.53. The third-order valence-electron chi connectivity index (χ3n) is 3.20. The van der Waals surface area contributed by atoms with Gasteiger partial charge in [0.2, 0.25) is 0 Å². The van der Waals surface area contributed by atoms with Crippen molar-refractivity contribution in [2.24, 2.45) is 0 Å². The van der Waals surface area contributed by atoms with Crippen LogP contribution in [0.1, 0.15) is 31.4 Å². The summed E-state index contributed by atoms with van der Waals surface area (Å²) in [5, 5.41) is 14.7. The Balaban J connectivity index is 2.19. The molecule has 4 heteroatoms. The molecule has 0 saturated heterocycles. The molecule has 3 nitrogen and oxygen atoms in total. The second-order valence-electron chi connectivity index (χ2n) is 5.03. The summed E-state index contributed by atoms with van der Waals surface area (Å²) in [6.07, 6.45) is 4.69. The van der Waals surface area contributed by atoms with E-state index in [0.29, 0.717) is 11.1 Å². The number of hydrogen-bond acceptors (Lipinski definition) is 2. The molecule has 1 aromatic carbocycles. The van der Waals surface area contributed by atoms with Crippen LogP contribution in [0.15, 0.2) is 36.7 Å². The zero-order valence-electron chi connectivity index (χ0n) is 11.3. The highest BCUT2D eigenvalue weighted by Gasteiger charge is 2.26. The van der Waals surface area contributed by atoms with Gasteiger partial charge in [-0.15, -0.1) is 0 Å². The fourth-order valence-electron chi connectivity index (χ4n) is 2.11. The second-order valence-corrected chi connectivity index (χ2v) is 5.03. The van der Waals surface area contributed by atoms with E-state index in [4.69, 9.17) is 0 Å². The van der Waals surface area contributed by atoms with Crippen molar-refractivity contribution < 1.29 is 9.50 Å². The Morgan fingerprint density at radius 1 is 1.37 bits per heavy atom. The molecule has 0 aliphatic heterocycles. The molecule has 1 heterocycles. The van der Waals surface area contributed by atoms with Gasteiger partial charge in [0, 0.05) is 24.7 Å². The fraction of sp³-hybridized carbons (Fsp3) is 0.400. The predicted molar refractivity (Wildman–Crippen MR) is 72.2 cm³/mol. The molecular formula is C15H19FN2O. The van der Waals surface area contributed by atoms with E-state index < -0.39 is 5.60 Å². The molecule has 0 fully saturated rings. The number of benzene rings is 1. The van der Waals surface area contributed by atoms with E-state index in [1.165, 1.54) is 6.07 Å². The lowest BCUT2D eigenvalue weighted by molar-refractivity contribution is 0.0566. The zero-order valence-corrected chi connectivity index (χ0v) is 11.3. The van der Waals surface area contributed by atoms with E-state index in [2.05, 4.69) is 12.0 Å². The molecule has 2 aromatic rings. The minimum absolute atomic E-state index is 0.234. The van der Waals surface area contributed by atoms with Crippen LogP contribution in [-0.2, 0) is 18.6 Å². The van der Waals surface area contributed by atoms with Crippen LogP contribution in [0.3, 0.4) is 0 Å². The standard InChI is InChI=1S/C15H19FN2O/c1-3-8-18-11-13(10-17-18)15(2,19)9-12-6-4-5-7-14(12)16/h4-7,10-11,19H,3,8-9H2,1-2H3. The van der Waals surface area contributed by atoms with Gasteiger partial charge in [-0.3, -0.25) is 4.68 Å². The Morgan fingerprint density at radius 3 is 2.79 bits per heavy atom. The largest absolute Gasteiger partial charge is 0.385 e. The lowest BCUT2D eigenvalue weighted by Crippen LogP contribution is -2.24. The first-order valence-corrected chi connectivity index (χ1v) is 6.51. The molecule has 0 radical (unpaired) electrons. The average molecular weight is 262 g/mol. The van der Waals surface area contributed by atoms with Gasteiger partial charge in [-0.2, -0.15) is 5.10 Å². The van der Waals surface area contributed by atoms with Gasteiger partial charge in [0.05, 0.1) is 11.8 Å². The molecule has 0 saturated carbocycles. The Morgan fingerprint density at radius 2 is 2.11 bits per heavy atom. The highest BCUT2D eigenvalue weighted by atomic mass is 19.1. The van der Waals surface area contributed by atoms with Crippen molar-refractivity contribution in [3.63, 3.8) is 0 Å². The monoisotopic (exact) mass is 262 g/mol. The van der Waals surface area contributed by atoms with Crippen molar-refractivity contribution in [3.8, 4) is 0 Å². The summed E-state index contributed by atoms with van der Waals surface area (Å²) in [7, 11) is 0. The summed E-state index contributed by atoms with van der Waals surface area (Å²) < 4.78 is 15.4. The molecule has 1 aromatic heterocycles. The topological polar surface area (TPSA) is 38.0 Å². The number of halogens is 1. The Bertz CT molecular complexity index is 549. The normalized spacial score (nSPS) is 14.3. The van der Waals surface area contributed by atoms with Gasteiger partial charge >= 0.3 is 0 Å². The molecule has 1 unspecified atom stereocenters. The first-order valence-electron chi connectivity index (χ1n) is 6.51. The molecule has 2 rings (SSSR count). The first kappa shape index (κ1) is 13.7. The lowest BCUT2D eigenvalue weighted by Gasteiger charge is -2.22. The minimum atomic E-state index is -1.12. The van der Waals surface area contributed by atoms with Gasteiger partial charge < -0.3 is 5.11 Å². The fourth-order valence-corrected chi connectivity index (χ4v) is 2.11. The zero-order chi connectivity index (χ0) is 13.9. The summed E-state index contributed by atoms with van der Waals surface area (Å²) in [6, 6.07) is 6.52. The number of aromatic nitrogens is 2.